The number of carbonyl (C=O) groups excluding carboxylic acids is 2. The molecule has 0 aliphatic rings. The van der Waals surface area contributed by atoms with Gasteiger partial charge in [0.1, 0.15) is 11.5 Å². The third-order valence-electron chi connectivity index (χ3n) is 4.85. The van der Waals surface area contributed by atoms with Crippen LogP contribution in [0, 0.1) is 12.8 Å². The maximum atomic E-state index is 11.8. The number of rotatable bonds is 11. The van der Waals surface area contributed by atoms with E-state index in [1.165, 1.54) is 5.56 Å². The van der Waals surface area contributed by atoms with Crippen LogP contribution in [0.1, 0.15) is 59.6 Å². The Kier molecular flexibility index (Phi) is 26.9. The lowest BCUT2D eigenvalue weighted by atomic mass is 9.98. The number of benzene rings is 2. The molecule has 1 atom stereocenters. The molecule has 0 bridgehead atoms. The first-order valence-electron chi connectivity index (χ1n) is 13.6. The van der Waals surface area contributed by atoms with Gasteiger partial charge in [0.2, 0.25) is 11.8 Å². The second kappa shape index (κ2) is 26.6. The molecule has 7 heteroatoms. The van der Waals surface area contributed by atoms with Gasteiger partial charge in [-0.25, -0.2) is 0 Å². The summed E-state index contributed by atoms with van der Waals surface area (Å²) in [4.78, 5) is 22.5. The third kappa shape index (κ3) is 17.5. The van der Waals surface area contributed by atoms with Crippen molar-refractivity contribution in [3.63, 3.8) is 0 Å². The van der Waals surface area contributed by atoms with Crippen LogP contribution in [0.15, 0.2) is 67.0 Å². The lowest BCUT2D eigenvalue weighted by molar-refractivity contribution is -0.125. The Hall–Kier alpha value is -4.02. The van der Waals surface area contributed by atoms with Gasteiger partial charge in [0.25, 0.3) is 0 Å². The molecule has 0 aromatic heterocycles. The molecule has 2 rings (SSSR count). The predicted octanol–water partition coefficient (Wildman–Crippen LogP) is 5.81. The average molecular weight is 554 g/mol. The van der Waals surface area contributed by atoms with Gasteiger partial charge in [-0.15, -0.1) is 12.8 Å². The zero-order valence-corrected chi connectivity index (χ0v) is 25.8. The van der Waals surface area contributed by atoms with E-state index in [0.717, 1.165) is 34.6 Å². The Bertz CT molecular complexity index is 1010. The Labute approximate surface area is 243 Å². The van der Waals surface area contributed by atoms with Gasteiger partial charge in [-0.3, -0.25) is 9.59 Å². The van der Waals surface area contributed by atoms with Crippen molar-refractivity contribution in [3.05, 3.63) is 78.1 Å². The van der Waals surface area contributed by atoms with Crippen LogP contribution in [-0.2, 0) is 27.2 Å². The van der Waals surface area contributed by atoms with Gasteiger partial charge < -0.3 is 26.3 Å². The molecule has 0 heterocycles. The zero-order valence-electron chi connectivity index (χ0n) is 25.8. The number of methoxy groups -OCH3 is 1. The van der Waals surface area contributed by atoms with Gasteiger partial charge in [0.05, 0.1) is 26.3 Å². The fraction of sp³-hybridized carbons (Fsp3) is 0.394. The number of nitrogens with two attached hydrogens (primary N) is 2. The number of nitrogens with one attached hydrogen (secondary N) is 1. The molecule has 0 radical (unpaired) electrons. The molecule has 0 fully saturated rings. The fourth-order valence-corrected chi connectivity index (χ4v) is 3.09. The number of ether oxygens (including phenoxy) is 2. The lowest BCUT2D eigenvalue weighted by Crippen LogP contribution is -2.44. The van der Waals surface area contributed by atoms with E-state index in [0.29, 0.717) is 13.0 Å². The van der Waals surface area contributed by atoms with Gasteiger partial charge in [-0.1, -0.05) is 83.7 Å². The van der Waals surface area contributed by atoms with E-state index in [1.807, 2.05) is 84.0 Å². The summed E-state index contributed by atoms with van der Waals surface area (Å²) in [5.41, 5.74) is 15.1. The zero-order chi connectivity index (χ0) is 31.5. The van der Waals surface area contributed by atoms with Crippen molar-refractivity contribution in [1.29, 1.82) is 0 Å². The van der Waals surface area contributed by atoms with Crippen molar-refractivity contribution in [2.24, 2.45) is 11.5 Å². The topological polar surface area (TPSA) is 117 Å². The van der Waals surface area contributed by atoms with E-state index < -0.39 is 17.9 Å². The van der Waals surface area contributed by atoms with E-state index in [-0.39, 0.29) is 6.54 Å². The van der Waals surface area contributed by atoms with E-state index in [9.17, 15) is 9.59 Å². The van der Waals surface area contributed by atoms with E-state index in [2.05, 4.69) is 43.8 Å². The molecule has 2 amide bonds. The van der Waals surface area contributed by atoms with Gasteiger partial charge in [-0.05, 0) is 55.5 Å². The van der Waals surface area contributed by atoms with Crippen LogP contribution in [0.25, 0.3) is 11.1 Å². The smallest absolute Gasteiger partial charge is 0.237 e. The Morgan fingerprint density at radius 1 is 1.02 bits per heavy atom. The standard InChI is InChI=1S/C20H25N3O3.C7H12O.2C2H6.C2H2/c1-3-13-6-9-16(18(11-13)26-2)15-7-4-14(5-8-15)10-17(21)20(25)23-12-19(22)24;1-4-6-7(3)8-5-2;3*1-2/h4-9,11,17H,3,10,12,21H2,1-2H3,(H2,22,24)(H,23,25);4,6H,3,5H2,1-2H3;2*1-2H3;1-2H/b;6-4-;;;/t17-;;;;/m0..../s1. The summed E-state index contributed by atoms with van der Waals surface area (Å²) >= 11 is 0. The summed E-state index contributed by atoms with van der Waals surface area (Å²) in [6.45, 7) is 18.1. The van der Waals surface area contributed by atoms with Crippen LogP contribution in [0.5, 0.6) is 5.75 Å². The second-order valence-corrected chi connectivity index (χ2v) is 7.48. The van der Waals surface area contributed by atoms with Crippen LogP contribution in [0.3, 0.4) is 0 Å². The van der Waals surface area contributed by atoms with Crippen LogP contribution in [0.2, 0.25) is 0 Å². The number of hydrogen-bond donors (Lipinski definition) is 3. The minimum Gasteiger partial charge on any atom is -0.496 e. The van der Waals surface area contributed by atoms with Crippen LogP contribution in [0.4, 0.5) is 0 Å². The van der Waals surface area contributed by atoms with Crippen LogP contribution in [-0.4, -0.2) is 38.1 Å². The maximum Gasteiger partial charge on any atom is 0.237 e. The molecule has 222 valence electrons. The van der Waals surface area contributed by atoms with Crippen molar-refractivity contribution in [2.75, 3.05) is 20.3 Å². The molecule has 0 unspecified atom stereocenters. The molecule has 5 N–H and O–H groups in total. The molecule has 2 aromatic rings. The fourth-order valence-electron chi connectivity index (χ4n) is 3.09. The molecular formula is C33H51N3O4. The largest absolute Gasteiger partial charge is 0.496 e. The molecule has 7 nitrogen and oxygen atoms in total. The highest BCUT2D eigenvalue weighted by Gasteiger charge is 2.15. The number of allylic oxidation sites excluding steroid dienone is 2. The molecule has 0 aliphatic heterocycles. The van der Waals surface area contributed by atoms with Gasteiger partial charge in [0, 0.05) is 5.56 Å². The number of aryl methyl sites for hydroxylation is 1. The molecule has 0 saturated heterocycles. The Morgan fingerprint density at radius 3 is 2.02 bits per heavy atom. The number of hydrogen-bond acceptors (Lipinski definition) is 5. The highest BCUT2D eigenvalue weighted by molar-refractivity contribution is 5.86. The number of carbonyl (C=O) groups is 2. The summed E-state index contributed by atoms with van der Waals surface area (Å²) < 4.78 is 10.5. The lowest BCUT2D eigenvalue weighted by Gasteiger charge is -2.13. The number of amides is 2. The number of primary amides is 1. The third-order valence-corrected chi connectivity index (χ3v) is 4.85. The quantitative estimate of drug-likeness (QED) is 0.184. The Morgan fingerprint density at radius 2 is 1.57 bits per heavy atom. The molecule has 2 aromatic carbocycles. The summed E-state index contributed by atoms with van der Waals surface area (Å²) in [6, 6.07) is 13.3. The normalized spacial score (nSPS) is 9.88. The summed E-state index contributed by atoms with van der Waals surface area (Å²) in [7, 11) is 1.66. The summed E-state index contributed by atoms with van der Waals surface area (Å²) in [5.74, 6) is 0.567. The molecule has 0 aliphatic carbocycles. The number of terminal acetylenes is 1. The second-order valence-electron chi connectivity index (χ2n) is 7.48. The Balaban J connectivity index is -0.000000824. The monoisotopic (exact) mass is 553 g/mol. The SMILES string of the molecule is C#C.C=C(/C=C\C)OCC.CC.CC.CCc1ccc(-c2ccc(C[C@H](N)C(=O)NCC(N)=O)cc2)c(OC)c1. The minimum absolute atomic E-state index is 0.209. The first-order chi connectivity index (χ1) is 19.2. The van der Waals surface area contributed by atoms with Gasteiger partial charge in [-0.2, -0.15) is 0 Å². The van der Waals surface area contributed by atoms with Gasteiger partial charge >= 0.3 is 0 Å². The average Bonchev–Trinajstić information content (AvgIpc) is 2.99. The first-order valence-corrected chi connectivity index (χ1v) is 13.6. The van der Waals surface area contributed by atoms with Gasteiger partial charge in [0.15, 0.2) is 0 Å². The van der Waals surface area contributed by atoms with Crippen molar-refractivity contribution in [1.82, 2.24) is 5.32 Å². The van der Waals surface area contributed by atoms with Crippen molar-refractivity contribution in [3.8, 4) is 29.7 Å². The van der Waals surface area contributed by atoms with Crippen molar-refractivity contribution in [2.45, 2.75) is 67.3 Å². The predicted molar refractivity (Wildman–Crippen MR) is 170 cm³/mol. The summed E-state index contributed by atoms with van der Waals surface area (Å²) in [5, 5.41) is 2.41. The van der Waals surface area contributed by atoms with E-state index in [4.69, 9.17) is 20.9 Å². The minimum atomic E-state index is -0.737. The van der Waals surface area contributed by atoms with E-state index >= 15 is 0 Å². The van der Waals surface area contributed by atoms with Crippen molar-refractivity contribution < 1.29 is 19.1 Å². The van der Waals surface area contributed by atoms with E-state index in [1.54, 1.807) is 7.11 Å². The highest BCUT2D eigenvalue weighted by Crippen LogP contribution is 2.31. The maximum absolute atomic E-state index is 11.8. The molecule has 40 heavy (non-hydrogen) atoms. The summed E-state index contributed by atoms with van der Waals surface area (Å²) in [6.07, 6.45) is 13.1. The highest BCUT2D eigenvalue weighted by atomic mass is 16.5. The molecular weight excluding hydrogens is 502 g/mol. The van der Waals surface area contributed by atoms with Crippen LogP contribution < -0.4 is 21.5 Å². The van der Waals surface area contributed by atoms with Crippen molar-refractivity contribution >= 4 is 11.8 Å². The first kappa shape index (κ1) is 40.5. The molecule has 0 spiro atoms. The van der Waals surface area contributed by atoms with Crippen LogP contribution >= 0.6 is 0 Å². The molecule has 0 saturated carbocycles.